The van der Waals surface area contributed by atoms with E-state index in [0.717, 1.165) is 0 Å². The smallest absolute Gasteiger partial charge is 0.338 e. The van der Waals surface area contributed by atoms with Crippen molar-refractivity contribution in [3.8, 4) is 0 Å². The number of carbonyl (C=O) groups excluding carboxylic acids is 1. The molecule has 1 aromatic carbocycles. The van der Waals surface area contributed by atoms with Crippen LogP contribution >= 0.6 is 0 Å². The second-order valence-electron chi connectivity index (χ2n) is 3.40. The largest absolute Gasteiger partial charge is 0.457 e. The molecule has 16 heavy (non-hydrogen) atoms. The molecule has 0 aliphatic carbocycles. The number of ether oxygens (including phenoxy) is 3. The van der Waals surface area contributed by atoms with Crippen LogP contribution in [-0.4, -0.2) is 39.3 Å². The summed E-state index contributed by atoms with van der Waals surface area (Å²) in [5.74, 6) is -0.395. The molecule has 0 bridgehead atoms. The van der Waals surface area contributed by atoms with Gasteiger partial charge in [-0.3, -0.25) is 0 Å². The van der Waals surface area contributed by atoms with Gasteiger partial charge in [0, 0.05) is 6.00 Å². The second kappa shape index (κ2) is 5.14. The van der Waals surface area contributed by atoms with Crippen molar-refractivity contribution in [1.82, 2.24) is 0 Å². The SMILES string of the molecule is [B][C@@H]1CO[C@H](COC(=O)c2ccccc2)O1. The highest BCUT2D eigenvalue weighted by Gasteiger charge is 2.23. The van der Waals surface area contributed by atoms with Crippen LogP contribution in [0.5, 0.6) is 0 Å². The zero-order valence-electron chi connectivity index (χ0n) is 8.67. The standard InChI is InChI=1S/C11H11BO4/c12-9-6-14-10(16-9)7-15-11(13)8-4-2-1-3-5-8/h1-5,9-10H,6-7H2/t9-,10-/m0/s1. The van der Waals surface area contributed by atoms with Crippen LogP contribution in [0.15, 0.2) is 30.3 Å². The Labute approximate surface area is 94.9 Å². The first-order chi connectivity index (χ1) is 7.75. The maximum Gasteiger partial charge on any atom is 0.338 e. The van der Waals surface area contributed by atoms with E-state index in [9.17, 15) is 4.79 Å². The highest BCUT2D eigenvalue weighted by molar-refractivity contribution is 6.11. The third-order valence-electron chi connectivity index (χ3n) is 2.13. The molecule has 2 rings (SSSR count). The van der Waals surface area contributed by atoms with Crippen molar-refractivity contribution in [3.05, 3.63) is 35.9 Å². The Morgan fingerprint density at radius 2 is 2.19 bits per heavy atom. The predicted octanol–water partition coefficient (Wildman–Crippen LogP) is 0.711. The summed E-state index contributed by atoms with van der Waals surface area (Å²) >= 11 is 0. The fourth-order valence-electron chi connectivity index (χ4n) is 1.36. The van der Waals surface area contributed by atoms with Gasteiger partial charge in [0.25, 0.3) is 0 Å². The molecule has 0 saturated carbocycles. The summed E-state index contributed by atoms with van der Waals surface area (Å²) in [5, 5.41) is 0. The molecule has 0 unspecified atom stereocenters. The van der Waals surface area contributed by atoms with Gasteiger partial charge in [-0.05, 0) is 12.1 Å². The Morgan fingerprint density at radius 1 is 1.44 bits per heavy atom. The first-order valence-electron chi connectivity index (χ1n) is 5.00. The van der Waals surface area contributed by atoms with Gasteiger partial charge in [-0.15, -0.1) is 0 Å². The summed E-state index contributed by atoms with van der Waals surface area (Å²) in [7, 11) is 5.45. The van der Waals surface area contributed by atoms with Crippen LogP contribution in [0.25, 0.3) is 0 Å². The lowest BCUT2D eigenvalue weighted by molar-refractivity contribution is -0.0847. The number of esters is 1. The van der Waals surface area contributed by atoms with E-state index in [1.54, 1.807) is 24.3 Å². The van der Waals surface area contributed by atoms with E-state index in [-0.39, 0.29) is 6.61 Å². The first kappa shape index (κ1) is 11.2. The molecule has 4 nitrogen and oxygen atoms in total. The Morgan fingerprint density at radius 3 is 2.81 bits per heavy atom. The Hall–Kier alpha value is -1.33. The lowest BCUT2D eigenvalue weighted by Crippen LogP contribution is -2.20. The van der Waals surface area contributed by atoms with E-state index < -0.39 is 18.3 Å². The van der Waals surface area contributed by atoms with Crippen LogP contribution in [-0.2, 0) is 14.2 Å². The van der Waals surface area contributed by atoms with Gasteiger partial charge in [0.2, 0.25) is 0 Å². The van der Waals surface area contributed by atoms with Crippen molar-refractivity contribution in [3.63, 3.8) is 0 Å². The van der Waals surface area contributed by atoms with Gasteiger partial charge >= 0.3 is 5.97 Å². The first-order valence-corrected chi connectivity index (χ1v) is 5.00. The predicted molar refractivity (Wildman–Crippen MR) is 57.1 cm³/mol. The second-order valence-corrected chi connectivity index (χ2v) is 3.40. The molecule has 5 heteroatoms. The number of rotatable bonds is 3. The molecule has 1 aliphatic rings. The van der Waals surface area contributed by atoms with E-state index in [0.29, 0.717) is 12.2 Å². The topological polar surface area (TPSA) is 44.8 Å². The van der Waals surface area contributed by atoms with Crippen molar-refractivity contribution in [2.24, 2.45) is 0 Å². The Bertz CT molecular complexity index is 354. The number of hydrogen-bond donors (Lipinski definition) is 0. The van der Waals surface area contributed by atoms with Gasteiger partial charge in [-0.25, -0.2) is 4.79 Å². The third-order valence-corrected chi connectivity index (χ3v) is 2.13. The van der Waals surface area contributed by atoms with E-state index in [4.69, 9.17) is 22.1 Å². The van der Waals surface area contributed by atoms with Crippen LogP contribution < -0.4 is 0 Å². The minimum absolute atomic E-state index is 0.0570. The molecule has 82 valence electrons. The van der Waals surface area contributed by atoms with Gasteiger partial charge in [0.05, 0.1) is 12.2 Å². The zero-order valence-corrected chi connectivity index (χ0v) is 8.67. The lowest BCUT2D eigenvalue weighted by Gasteiger charge is -2.10. The molecule has 0 aromatic heterocycles. The Kier molecular flexibility index (Phi) is 3.59. The number of carbonyl (C=O) groups is 1. The highest BCUT2D eigenvalue weighted by atomic mass is 16.7. The van der Waals surface area contributed by atoms with Gasteiger partial charge in [0.15, 0.2) is 6.29 Å². The van der Waals surface area contributed by atoms with Crippen molar-refractivity contribution in [2.45, 2.75) is 12.3 Å². The summed E-state index contributed by atoms with van der Waals surface area (Å²) in [6.07, 6.45) is -0.553. The summed E-state index contributed by atoms with van der Waals surface area (Å²) in [5.41, 5.74) is 0.504. The van der Waals surface area contributed by atoms with Crippen molar-refractivity contribution < 1.29 is 19.0 Å². The molecule has 0 N–H and O–H groups in total. The monoisotopic (exact) mass is 218 g/mol. The molecule has 0 amide bonds. The van der Waals surface area contributed by atoms with Crippen LogP contribution in [0.1, 0.15) is 10.4 Å². The fourth-order valence-corrected chi connectivity index (χ4v) is 1.36. The average molecular weight is 218 g/mol. The minimum atomic E-state index is -0.553. The molecule has 2 radical (unpaired) electrons. The maximum atomic E-state index is 11.5. The Balaban J connectivity index is 1.80. The molecule has 1 aliphatic heterocycles. The molecule has 1 aromatic rings. The summed E-state index contributed by atoms with van der Waals surface area (Å²) in [6.45, 7) is 0.384. The van der Waals surface area contributed by atoms with Crippen molar-refractivity contribution in [1.29, 1.82) is 0 Å². The van der Waals surface area contributed by atoms with Crippen molar-refractivity contribution >= 4 is 13.8 Å². The summed E-state index contributed by atoms with van der Waals surface area (Å²) in [6, 6.07) is 8.32. The lowest BCUT2D eigenvalue weighted by atomic mass is 10.0. The number of benzene rings is 1. The van der Waals surface area contributed by atoms with E-state index in [1.807, 2.05) is 6.07 Å². The molecule has 1 saturated heterocycles. The van der Waals surface area contributed by atoms with E-state index in [2.05, 4.69) is 0 Å². The molecule has 0 spiro atoms. The zero-order chi connectivity index (χ0) is 11.4. The van der Waals surface area contributed by atoms with Crippen LogP contribution in [0.3, 0.4) is 0 Å². The maximum absolute atomic E-state index is 11.5. The van der Waals surface area contributed by atoms with Gasteiger partial charge in [-0.1, -0.05) is 18.2 Å². The van der Waals surface area contributed by atoms with Gasteiger partial charge < -0.3 is 14.2 Å². The van der Waals surface area contributed by atoms with Crippen LogP contribution in [0.4, 0.5) is 0 Å². The molecule has 2 atom stereocenters. The summed E-state index contributed by atoms with van der Waals surface area (Å²) < 4.78 is 15.3. The molecular formula is C11H11BO4. The summed E-state index contributed by atoms with van der Waals surface area (Å²) in [4.78, 5) is 11.5. The van der Waals surface area contributed by atoms with Crippen LogP contribution in [0, 0.1) is 0 Å². The third kappa shape index (κ3) is 2.84. The van der Waals surface area contributed by atoms with Crippen molar-refractivity contribution in [2.75, 3.05) is 13.2 Å². The van der Waals surface area contributed by atoms with E-state index >= 15 is 0 Å². The van der Waals surface area contributed by atoms with Gasteiger partial charge in [0.1, 0.15) is 14.5 Å². The molecule has 1 fully saturated rings. The van der Waals surface area contributed by atoms with E-state index in [1.165, 1.54) is 0 Å². The average Bonchev–Trinajstić information content (AvgIpc) is 2.73. The van der Waals surface area contributed by atoms with Crippen LogP contribution in [0.2, 0.25) is 0 Å². The number of hydrogen-bond acceptors (Lipinski definition) is 4. The molecular weight excluding hydrogens is 207 g/mol. The quantitative estimate of drug-likeness (QED) is 0.553. The highest BCUT2D eigenvalue weighted by Crippen LogP contribution is 2.10. The minimum Gasteiger partial charge on any atom is -0.457 e. The normalized spacial score (nSPS) is 24.2. The fraction of sp³-hybridized carbons (Fsp3) is 0.364. The van der Waals surface area contributed by atoms with Gasteiger partial charge in [-0.2, -0.15) is 0 Å². The molecule has 1 heterocycles.